The van der Waals surface area contributed by atoms with Gasteiger partial charge in [-0.05, 0) is 27.2 Å². The molecule has 0 atom stereocenters. The Balaban J connectivity index is 0. The lowest BCUT2D eigenvalue weighted by Gasteiger charge is -1.99. The second-order valence-corrected chi connectivity index (χ2v) is 3.14. The molecule has 0 aromatic rings. The summed E-state index contributed by atoms with van der Waals surface area (Å²) in [6.07, 6.45) is 0.823. The van der Waals surface area contributed by atoms with Crippen molar-refractivity contribution in [1.82, 2.24) is 0 Å². The Morgan fingerprint density at radius 2 is 1.61 bits per heavy atom. The van der Waals surface area contributed by atoms with E-state index in [0.29, 0.717) is 32.8 Å². The third-order valence-corrected chi connectivity index (χ3v) is 1.61. The van der Waals surface area contributed by atoms with Crippen LogP contribution in [-0.4, -0.2) is 50.1 Å². The Bertz CT molecular complexity index is 205. The summed E-state index contributed by atoms with van der Waals surface area (Å²) in [5, 5.41) is 8.16. The largest absolute Gasteiger partial charge is 0.481 e. The van der Waals surface area contributed by atoms with E-state index in [1.165, 1.54) is 0 Å². The molecule has 0 saturated carbocycles. The molecule has 0 aromatic carbocycles. The molecule has 108 valence electrons. The summed E-state index contributed by atoms with van der Waals surface area (Å²) in [6.45, 7) is 7.77. The zero-order chi connectivity index (χ0) is 14.2. The topological polar surface area (TPSA) is 82.1 Å². The molecule has 6 nitrogen and oxygen atoms in total. The monoisotopic (exact) mass is 264 g/mol. The molecule has 18 heavy (non-hydrogen) atoms. The fraction of sp³-hybridized carbons (Fsp3) is 0.833. The van der Waals surface area contributed by atoms with Gasteiger partial charge in [0.15, 0.2) is 0 Å². The van der Waals surface area contributed by atoms with Gasteiger partial charge in [-0.15, -0.1) is 0 Å². The maximum atomic E-state index is 10.5. The summed E-state index contributed by atoms with van der Waals surface area (Å²) in [5.74, 6) is -1.05. The third-order valence-electron chi connectivity index (χ3n) is 1.61. The van der Waals surface area contributed by atoms with Crippen LogP contribution in [0.4, 0.5) is 0 Å². The average Bonchev–Trinajstić information content (AvgIpc) is 2.33. The highest BCUT2D eigenvalue weighted by Gasteiger charge is 1.97. The van der Waals surface area contributed by atoms with Crippen LogP contribution in [0, 0.1) is 0 Å². The van der Waals surface area contributed by atoms with Crippen LogP contribution in [0.5, 0.6) is 0 Å². The predicted octanol–water partition coefficient (Wildman–Crippen LogP) is 1.47. The van der Waals surface area contributed by atoms with Gasteiger partial charge in [-0.2, -0.15) is 0 Å². The number of ether oxygens (including phenoxy) is 3. The average molecular weight is 264 g/mol. The number of hydrogen-bond acceptors (Lipinski definition) is 5. The molecule has 0 aromatic heterocycles. The van der Waals surface area contributed by atoms with Crippen molar-refractivity contribution < 1.29 is 28.9 Å². The predicted molar refractivity (Wildman–Crippen MR) is 66.5 cm³/mol. The number of carboxylic acids is 1. The Labute approximate surface area is 108 Å². The van der Waals surface area contributed by atoms with Crippen molar-refractivity contribution in [3.05, 3.63) is 0 Å². The van der Waals surface area contributed by atoms with Crippen LogP contribution in [-0.2, 0) is 23.8 Å². The molecular formula is C12H24O6. The highest BCUT2D eigenvalue weighted by Crippen LogP contribution is 1.88. The van der Waals surface area contributed by atoms with Crippen LogP contribution in [0.15, 0.2) is 0 Å². The van der Waals surface area contributed by atoms with Crippen LogP contribution in [0.1, 0.15) is 33.6 Å². The summed E-state index contributed by atoms with van der Waals surface area (Å²) in [4.78, 5) is 20.4. The number of hydrogen-bond donors (Lipinski definition) is 1. The second kappa shape index (κ2) is 15.9. The first-order chi connectivity index (χ1) is 8.58. The van der Waals surface area contributed by atoms with E-state index < -0.39 is 5.97 Å². The van der Waals surface area contributed by atoms with Crippen LogP contribution >= 0.6 is 0 Å². The van der Waals surface area contributed by atoms with E-state index in [0.717, 1.165) is 0 Å². The SMILES string of the molecule is CCOCC(=O)OCC.CCOCCCC(=O)O. The number of carbonyl (C=O) groups excluding carboxylic acids is 1. The quantitative estimate of drug-likeness (QED) is 0.501. The summed E-state index contributed by atoms with van der Waals surface area (Å²) >= 11 is 0. The van der Waals surface area contributed by atoms with Crippen LogP contribution in [0.3, 0.4) is 0 Å². The zero-order valence-corrected chi connectivity index (χ0v) is 11.4. The number of esters is 1. The zero-order valence-electron chi connectivity index (χ0n) is 11.4. The molecular weight excluding hydrogens is 240 g/mol. The van der Waals surface area contributed by atoms with E-state index in [4.69, 9.17) is 14.6 Å². The number of carbonyl (C=O) groups is 2. The van der Waals surface area contributed by atoms with Gasteiger partial charge in [0.1, 0.15) is 6.61 Å². The number of rotatable bonds is 9. The summed E-state index contributed by atoms with van der Waals surface area (Å²) in [5.41, 5.74) is 0. The number of carboxylic acid groups (broad SMARTS) is 1. The van der Waals surface area contributed by atoms with Gasteiger partial charge in [0.25, 0.3) is 0 Å². The first-order valence-electron chi connectivity index (χ1n) is 6.11. The lowest BCUT2D eigenvalue weighted by molar-refractivity contribution is -0.148. The van der Waals surface area contributed by atoms with Gasteiger partial charge >= 0.3 is 11.9 Å². The molecule has 0 fully saturated rings. The van der Waals surface area contributed by atoms with Gasteiger partial charge in [-0.3, -0.25) is 4.79 Å². The fourth-order valence-corrected chi connectivity index (χ4v) is 0.858. The minimum Gasteiger partial charge on any atom is -0.481 e. The molecule has 0 unspecified atom stereocenters. The first-order valence-corrected chi connectivity index (χ1v) is 6.11. The molecule has 6 heteroatoms. The van der Waals surface area contributed by atoms with Crippen molar-refractivity contribution in [3.63, 3.8) is 0 Å². The Kier molecular flexibility index (Phi) is 16.9. The molecule has 0 aliphatic heterocycles. The summed E-state index contributed by atoms with van der Waals surface area (Å²) in [7, 11) is 0. The molecule has 0 amide bonds. The minimum absolute atomic E-state index is 0.0737. The highest BCUT2D eigenvalue weighted by atomic mass is 16.6. The van der Waals surface area contributed by atoms with Crippen LogP contribution in [0.2, 0.25) is 0 Å². The van der Waals surface area contributed by atoms with Gasteiger partial charge in [0.2, 0.25) is 0 Å². The second-order valence-electron chi connectivity index (χ2n) is 3.14. The molecule has 0 aliphatic rings. The van der Waals surface area contributed by atoms with Crippen LogP contribution < -0.4 is 0 Å². The summed E-state index contributed by atoms with van der Waals surface area (Å²) in [6, 6.07) is 0. The van der Waals surface area contributed by atoms with E-state index in [-0.39, 0.29) is 19.0 Å². The van der Waals surface area contributed by atoms with Gasteiger partial charge < -0.3 is 19.3 Å². The smallest absolute Gasteiger partial charge is 0.332 e. The summed E-state index contributed by atoms with van der Waals surface area (Å²) < 4.78 is 14.3. The van der Waals surface area contributed by atoms with Crippen molar-refractivity contribution in [2.75, 3.05) is 33.0 Å². The van der Waals surface area contributed by atoms with E-state index >= 15 is 0 Å². The number of aliphatic carboxylic acids is 1. The Hall–Kier alpha value is -1.14. The Morgan fingerprint density at radius 1 is 1.00 bits per heavy atom. The van der Waals surface area contributed by atoms with Gasteiger partial charge in [0.05, 0.1) is 6.61 Å². The highest BCUT2D eigenvalue weighted by molar-refractivity contribution is 5.70. The maximum absolute atomic E-state index is 10.5. The normalized spacial score (nSPS) is 9.28. The van der Waals surface area contributed by atoms with E-state index in [1.54, 1.807) is 6.92 Å². The standard InChI is InChI=1S/2C6H12O3/c1-3-8-5-6(7)9-4-2;1-2-9-5-3-4-6(7)8/h3-5H2,1-2H3;2-5H2,1H3,(H,7,8). The molecule has 0 spiro atoms. The van der Waals surface area contributed by atoms with Crippen molar-refractivity contribution in [2.24, 2.45) is 0 Å². The molecule has 0 rings (SSSR count). The molecule has 0 aliphatic carbocycles. The van der Waals surface area contributed by atoms with Gasteiger partial charge in [-0.1, -0.05) is 0 Å². The Morgan fingerprint density at radius 3 is 2.06 bits per heavy atom. The third kappa shape index (κ3) is 20.3. The maximum Gasteiger partial charge on any atom is 0.332 e. The van der Waals surface area contributed by atoms with Crippen LogP contribution in [0.25, 0.3) is 0 Å². The molecule has 0 radical (unpaired) electrons. The fourth-order valence-electron chi connectivity index (χ4n) is 0.858. The molecule has 0 heterocycles. The van der Waals surface area contributed by atoms with Gasteiger partial charge in [-0.25, -0.2) is 4.79 Å². The van der Waals surface area contributed by atoms with Crippen molar-refractivity contribution >= 4 is 11.9 Å². The van der Waals surface area contributed by atoms with Gasteiger partial charge in [0, 0.05) is 26.2 Å². The van der Waals surface area contributed by atoms with E-state index in [1.807, 2.05) is 13.8 Å². The van der Waals surface area contributed by atoms with Crippen molar-refractivity contribution in [2.45, 2.75) is 33.6 Å². The van der Waals surface area contributed by atoms with Crippen molar-refractivity contribution in [3.8, 4) is 0 Å². The van der Waals surface area contributed by atoms with Crippen molar-refractivity contribution in [1.29, 1.82) is 0 Å². The van der Waals surface area contributed by atoms with E-state index in [9.17, 15) is 9.59 Å². The lowest BCUT2D eigenvalue weighted by Crippen LogP contribution is -2.11. The lowest BCUT2D eigenvalue weighted by atomic mass is 10.3. The molecule has 0 saturated heterocycles. The van der Waals surface area contributed by atoms with E-state index in [2.05, 4.69) is 4.74 Å². The molecule has 1 N–H and O–H groups in total. The molecule has 0 bridgehead atoms. The minimum atomic E-state index is -0.755. The first kappa shape index (κ1) is 19.2.